The first-order valence-corrected chi connectivity index (χ1v) is 6.70. The highest BCUT2D eigenvalue weighted by atomic mass is 19.4. The van der Waals surface area contributed by atoms with Crippen molar-refractivity contribution < 1.29 is 13.2 Å². The van der Waals surface area contributed by atoms with Crippen molar-refractivity contribution >= 4 is 0 Å². The number of alkyl halides is 3. The van der Waals surface area contributed by atoms with Gasteiger partial charge in [0, 0.05) is 6.54 Å². The van der Waals surface area contributed by atoms with Crippen LogP contribution in [-0.4, -0.2) is 20.9 Å². The lowest BCUT2D eigenvalue weighted by atomic mass is 9.95. The Morgan fingerprint density at radius 2 is 2.00 bits per heavy atom. The highest BCUT2D eigenvalue weighted by Gasteiger charge is 2.32. The SMILES string of the molecule is Cc1nc([C@H]2Cc3ccccc3CN2)n(CC(F)(F)F)n1. The van der Waals surface area contributed by atoms with Gasteiger partial charge in [0.1, 0.15) is 18.2 Å². The molecule has 0 saturated heterocycles. The standard InChI is InChI=1S/C14H15F3N4/c1-9-19-13(21(20-9)8-14(15,16)17)12-6-10-4-2-3-5-11(10)7-18-12/h2-5,12,18H,6-8H2,1H3/t12-/m1/s1. The molecule has 4 nitrogen and oxygen atoms in total. The van der Waals surface area contributed by atoms with Gasteiger partial charge >= 0.3 is 6.18 Å². The molecule has 1 aromatic carbocycles. The summed E-state index contributed by atoms with van der Waals surface area (Å²) in [6.45, 7) is 1.12. The van der Waals surface area contributed by atoms with E-state index in [-0.39, 0.29) is 6.04 Å². The Morgan fingerprint density at radius 1 is 1.29 bits per heavy atom. The zero-order valence-electron chi connectivity index (χ0n) is 11.5. The van der Waals surface area contributed by atoms with Crippen molar-refractivity contribution in [3.05, 3.63) is 47.0 Å². The van der Waals surface area contributed by atoms with E-state index in [4.69, 9.17) is 0 Å². The molecule has 1 aliphatic heterocycles. The van der Waals surface area contributed by atoms with Crippen LogP contribution in [0.25, 0.3) is 0 Å². The number of benzene rings is 1. The summed E-state index contributed by atoms with van der Waals surface area (Å²) in [5.41, 5.74) is 2.31. The van der Waals surface area contributed by atoms with Gasteiger partial charge in [-0.1, -0.05) is 24.3 Å². The van der Waals surface area contributed by atoms with Crippen molar-refractivity contribution in [3.8, 4) is 0 Å². The van der Waals surface area contributed by atoms with Crippen molar-refractivity contribution in [1.29, 1.82) is 0 Å². The Morgan fingerprint density at radius 3 is 2.71 bits per heavy atom. The molecule has 2 aromatic rings. The molecule has 7 heteroatoms. The number of fused-ring (bicyclic) bond motifs is 1. The minimum absolute atomic E-state index is 0.247. The topological polar surface area (TPSA) is 42.7 Å². The zero-order valence-corrected chi connectivity index (χ0v) is 11.5. The summed E-state index contributed by atoms with van der Waals surface area (Å²) in [6.07, 6.45) is -3.69. The number of aryl methyl sites for hydroxylation is 1. The fraction of sp³-hybridized carbons (Fsp3) is 0.429. The molecule has 0 radical (unpaired) electrons. The quantitative estimate of drug-likeness (QED) is 0.926. The van der Waals surface area contributed by atoms with Crippen molar-refractivity contribution in [2.75, 3.05) is 0 Å². The van der Waals surface area contributed by atoms with Gasteiger partial charge in [-0.3, -0.25) is 0 Å². The molecule has 0 bridgehead atoms. The van der Waals surface area contributed by atoms with Crippen molar-refractivity contribution in [1.82, 2.24) is 20.1 Å². The van der Waals surface area contributed by atoms with Crippen LogP contribution in [0.1, 0.15) is 28.8 Å². The van der Waals surface area contributed by atoms with Crippen LogP contribution in [0, 0.1) is 6.92 Å². The van der Waals surface area contributed by atoms with Crippen LogP contribution in [0.5, 0.6) is 0 Å². The van der Waals surface area contributed by atoms with Crippen LogP contribution in [0.15, 0.2) is 24.3 Å². The monoisotopic (exact) mass is 296 g/mol. The fourth-order valence-corrected chi connectivity index (χ4v) is 2.65. The van der Waals surface area contributed by atoms with E-state index in [0.29, 0.717) is 24.6 Å². The van der Waals surface area contributed by atoms with E-state index < -0.39 is 12.7 Å². The van der Waals surface area contributed by atoms with Gasteiger partial charge in [0.15, 0.2) is 0 Å². The Hall–Kier alpha value is -1.89. The first kappa shape index (κ1) is 14.1. The van der Waals surface area contributed by atoms with Crippen molar-refractivity contribution in [2.45, 2.75) is 38.7 Å². The summed E-state index contributed by atoms with van der Waals surface area (Å²) in [7, 11) is 0. The summed E-state index contributed by atoms with van der Waals surface area (Å²) < 4.78 is 38.8. The summed E-state index contributed by atoms with van der Waals surface area (Å²) >= 11 is 0. The molecule has 0 spiro atoms. The van der Waals surface area contributed by atoms with E-state index in [2.05, 4.69) is 15.4 Å². The normalized spacial score (nSPS) is 18.6. The second-order valence-corrected chi connectivity index (χ2v) is 5.20. The average Bonchev–Trinajstić information content (AvgIpc) is 2.77. The molecule has 112 valence electrons. The van der Waals surface area contributed by atoms with Gasteiger partial charge in [-0.2, -0.15) is 18.3 Å². The van der Waals surface area contributed by atoms with E-state index in [0.717, 1.165) is 10.2 Å². The number of nitrogens with one attached hydrogen (secondary N) is 1. The number of hydrogen-bond donors (Lipinski definition) is 1. The lowest BCUT2D eigenvalue weighted by Crippen LogP contribution is -2.32. The molecular weight excluding hydrogens is 281 g/mol. The van der Waals surface area contributed by atoms with E-state index in [1.165, 1.54) is 5.56 Å². The van der Waals surface area contributed by atoms with E-state index in [1.54, 1.807) is 6.92 Å². The van der Waals surface area contributed by atoms with Crippen LogP contribution in [0.3, 0.4) is 0 Å². The lowest BCUT2D eigenvalue weighted by molar-refractivity contribution is -0.143. The lowest BCUT2D eigenvalue weighted by Gasteiger charge is -2.25. The second kappa shape index (κ2) is 5.14. The fourth-order valence-electron chi connectivity index (χ4n) is 2.65. The smallest absolute Gasteiger partial charge is 0.303 e. The minimum atomic E-state index is -4.30. The van der Waals surface area contributed by atoms with Gasteiger partial charge in [-0.15, -0.1) is 0 Å². The number of aromatic nitrogens is 3. The predicted molar refractivity (Wildman–Crippen MR) is 70.5 cm³/mol. The molecule has 1 N–H and O–H groups in total. The highest BCUT2D eigenvalue weighted by molar-refractivity contribution is 5.30. The van der Waals surface area contributed by atoms with Crippen LogP contribution in [-0.2, 0) is 19.5 Å². The van der Waals surface area contributed by atoms with Gasteiger partial charge in [0.2, 0.25) is 0 Å². The molecule has 0 aliphatic carbocycles. The molecular formula is C14H15F3N4. The molecule has 0 fully saturated rings. The maximum atomic E-state index is 12.6. The molecule has 3 rings (SSSR count). The molecule has 0 saturated carbocycles. The van der Waals surface area contributed by atoms with E-state index in [9.17, 15) is 13.2 Å². The third-order valence-corrected chi connectivity index (χ3v) is 3.53. The molecule has 2 heterocycles. The maximum Gasteiger partial charge on any atom is 0.408 e. The molecule has 1 aromatic heterocycles. The summed E-state index contributed by atoms with van der Waals surface area (Å²) in [5.74, 6) is 0.703. The molecule has 1 atom stereocenters. The molecule has 21 heavy (non-hydrogen) atoms. The largest absolute Gasteiger partial charge is 0.408 e. The summed E-state index contributed by atoms with van der Waals surface area (Å²) in [4.78, 5) is 4.18. The van der Waals surface area contributed by atoms with Crippen molar-refractivity contribution in [2.24, 2.45) is 0 Å². The number of halogens is 3. The van der Waals surface area contributed by atoms with Gasteiger partial charge < -0.3 is 5.32 Å². The summed E-state index contributed by atoms with van der Waals surface area (Å²) in [5, 5.41) is 7.11. The zero-order chi connectivity index (χ0) is 15.0. The van der Waals surface area contributed by atoms with Crippen LogP contribution in [0.2, 0.25) is 0 Å². The first-order chi connectivity index (χ1) is 9.92. The number of nitrogens with zero attached hydrogens (tertiary/aromatic N) is 3. The summed E-state index contributed by atoms with van der Waals surface area (Å²) in [6, 6.07) is 7.66. The second-order valence-electron chi connectivity index (χ2n) is 5.20. The molecule has 0 amide bonds. The number of rotatable bonds is 2. The third kappa shape index (κ3) is 3.07. The van der Waals surface area contributed by atoms with Gasteiger partial charge in [0.05, 0.1) is 6.04 Å². The average molecular weight is 296 g/mol. The van der Waals surface area contributed by atoms with E-state index >= 15 is 0 Å². The Balaban J connectivity index is 1.88. The third-order valence-electron chi connectivity index (χ3n) is 3.53. The first-order valence-electron chi connectivity index (χ1n) is 6.70. The van der Waals surface area contributed by atoms with Gasteiger partial charge in [-0.05, 0) is 24.5 Å². The Labute approximate surface area is 120 Å². The van der Waals surface area contributed by atoms with Crippen LogP contribution in [0.4, 0.5) is 13.2 Å². The Bertz CT molecular complexity index is 648. The van der Waals surface area contributed by atoms with Crippen LogP contribution < -0.4 is 5.32 Å². The number of hydrogen-bond acceptors (Lipinski definition) is 3. The van der Waals surface area contributed by atoms with Crippen LogP contribution >= 0.6 is 0 Å². The minimum Gasteiger partial charge on any atom is -0.303 e. The highest BCUT2D eigenvalue weighted by Crippen LogP contribution is 2.26. The molecule has 0 unspecified atom stereocenters. The van der Waals surface area contributed by atoms with Crippen molar-refractivity contribution in [3.63, 3.8) is 0 Å². The Kier molecular flexibility index (Phi) is 3.44. The maximum absolute atomic E-state index is 12.6. The van der Waals surface area contributed by atoms with E-state index in [1.807, 2.05) is 24.3 Å². The van der Waals surface area contributed by atoms with Gasteiger partial charge in [0.25, 0.3) is 0 Å². The predicted octanol–water partition coefficient (Wildman–Crippen LogP) is 2.54. The van der Waals surface area contributed by atoms with Gasteiger partial charge in [-0.25, -0.2) is 9.67 Å². The molecule has 1 aliphatic rings.